The topological polar surface area (TPSA) is 12.0 Å². The van der Waals surface area contributed by atoms with E-state index < -0.39 is 0 Å². The lowest BCUT2D eigenvalue weighted by Crippen LogP contribution is -2.20. The smallest absolute Gasteiger partial charge is 0.0468 e. The van der Waals surface area contributed by atoms with Crippen LogP contribution in [0.3, 0.4) is 0 Å². The molecule has 1 N–H and O–H groups in total. The summed E-state index contributed by atoms with van der Waals surface area (Å²) in [5, 5.41) is 5.75. The summed E-state index contributed by atoms with van der Waals surface area (Å²) in [6.45, 7) is 0. The van der Waals surface area contributed by atoms with Gasteiger partial charge in [0, 0.05) is 31.7 Å². The third kappa shape index (κ3) is 3.41. The summed E-state index contributed by atoms with van der Waals surface area (Å²) >= 11 is 25.0. The molecule has 0 aliphatic carbocycles. The second-order valence-electron chi connectivity index (χ2n) is 4.38. The van der Waals surface area contributed by atoms with E-state index in [4.69, 9.17) is 46.4 Å². The van der Waals surface area contributed by atoms with Crippen molar-refractivity contribution in [1.82, 2.24) is 5.32 Å². The second kappa shape index (κ2) is 7.02. The van der Waals surface area contributed by atoms with Crippen molar-refractivity contribution in [3.8, 4) is 0 Å². The fourth-order valence-corrected chi connectivity index (χ4v) is 3.34. The van der Waals surface area contributed by atoms with Crippen LogP contribution in [0.15, 0.2) is 36.4 Å². The zero-order valence-electron chi connectivity index (χ0n) is 10.8. The van der Waals surface area contributed by atoms with Crippen LogP contribution in [-0.4, -0.2) is 7.05 Å². The molecule has 0 aliphatic rings. The molecule has 2 rings (SSSR count). The normalized spacial score (nSPS) is 12.4. The summed E-state index contributed by atoms with van der Waals surface area (Å²) in [6.07, 6.45) is 0.610. The van der Waals surface area contributed by atoms with Gasteiger partial charge in [-0.15, -0.1) is 0 Å². The quantitative estimate of drug-likeness (QED) is 0.735. The average molecular weight is 349 g/mol. The van der Waals surface area contributed by atoms with Gasteiger partial charge in [0.2, 0.25) is 0 Å². The Bertz CT molecular complexity index is 572. The predicted octanol–water partition coefficient (Wildman–Crippen LogP) is 5.80. The number of nitrogens with one attached hydrogen (secondary N) is 1. The molecule has 106 valence electrons. The predicted molar refractivity (Wildman–Crippen MR) is 88.4 cm³/mol. The lowest BCUT2D eigenvalue weighted by molar-refractivity contribution is 0.592. The van der Waals surface area contributed by atoms with Crippen LogP contribution in [-0.2, 0) is 6.42 Å². The summed E-state index contributed by atoms with van der Waals surface area (Å²) < 4.78 is 0. The molecule has 2 aromatic rings. The van der Waals surface area contributed by atoms with Crippen molar-refractivity contribution in [2.45, 2.75) is 12.5 Å². The monoisotopic (exact) mass is 347 g/mol. The SMILES string of the molecule is CNC(Cc1c(Cl)cccc1Cl)c1c(Cl)cccc1Cl. The first-order chi connectivity index (χ1) is 9.54. The minimum absolute atomic E-state index is 0.0615. The maximum absolute atomic E-state index is 6.26. The highest BCUT2D eigenvalue weighted by Gasteiger charge is 2.19. The lowest BCUT2D eigenvalue weighted by atomic mass is 9.98. The number of halogens is 4. The van der Waals surface area contributed by atoms with E-state index in [1.165, 1.54) is 0 Å². The van der Waals surface area contributed by atoms with E-state index in [1.807, 2.05) is 43.4 Å². The number of benzene rings is 2. The Labute approximate surface area is 138 Å². The van der Waals surface area contributed by atoms with Crippen LogP contribution in [0.1, 0.15) is 17.2 Å². The van der Waals surface area contributed by atoms with E-state index in [9.17, 15) is 0 Å². The molecule has 0 bridgehead atoms. The fraction of sp³-hybridized carbons (Fsp3) is 0.200. The van der Waals surface area contributed by atoms with Crippen LogP contribution < -0.4 is 5.32 Å². The summed E-state index contributed by atoms with van der Waals surface area (Å²) in [5.41, 5.74) is 1.74. The van der Waals surface area contributed by atoms with Crippen LogP contribution in [0.4, 0.5) is 0 Å². The highest BCUT2D eigenvalue weighted by molar-refractivity contribution is 6.36. The van der Waals surface area contributed by atoms with Gasteiger partial charge in [-0.2, -0.15) is 0 Å². The molecule has 0 radical (unpaired) electrons. The molecule has 0 spiro atoms. The molecule has 5 heteroatoms. The standard InChI is InChI=1S/C15H13Cl4N/c1-20-14(15-12(18)6-3-7-13(15)19)8-9-10(16)4-2-5-11(9)17/h2-7,14,20H,8H2,1H3. The van der Waals surface area contributed by atoms with Gasteiger partial charge in [-0.05, 0) is 43.3 Å². The van der Waals surface area contributed by atoms with Crippen molar-refractivity contribution >= 4 is 46.4 Å². The molecule has 1 unspecified atom stereocenters. The largest absolute Gasteiger partial charge is 0.313 e. The second-order valence-corrected chi connectivity index (χ2v) is 6.01. The van der Waals surface area contributed by atoms with E-state index in [0.717, 1.165) is 11.1 Å². The molecule has 0 aromatic heterocycles. The molecule has 0 saturated heterocycles. The molecule has 0 aliphatic heterocycles. The molecular formula is C15H13Cl4N. The number of hydrogen-bond donors (Lipinski definition) is 1. The van der Waals surface area contributed by atoms with Crippen molar-refractivity contribution in [2.75, 3.05) is 7.05 Å². The molecule has 0 saturated carbocycles. The average Bonchev–Trinajstić information content (AvgIpc) is 2.40. The number of likely N-dealkylation sites (N-methyl/N-ethyl adjacent to an activating group) is 1. The van der Waals surface area contributed by atoms with Crippen LogP contribution in [0, 0.1) is 0 Å². The molecule has 1 nitrogen and oxygen atoms in total. The fourth-order valence-electron chi connectivity index (χ4n) is 2.12. The molecular weight excluding hydrogens is 336 g/mol. The molecule has 1 atom stereocenters. The molecule has 0 heterocycles. The maximum Gasteiger partial charge on any atom is 0.0468 e. The van der Waals surface area contributed by atoms with Gasteiger partial charge >= 0.3 is 0 Å². The Morgan fingerprint density at radius 2 is 1.30 bits per heavy atom. The minimum Gasteiger partial charge on any atom is -0.313 e. The summed E-state index contributed by atoms with van der Waals surface area (Å²) in [5.74, 6) is 0. The van der Waals surface area contributed by atoms with Crippen molar-refractivity contribution in [1.29, 1.82) is 0 Å². The minimum atomic E-state index is -0.0615. The Morgan fingerprint density at radius 1 is 0.850 bits per heavy atom. The van der Waals surface area contributed by atoms with Crippen LogP contribution in [0.5, 0.6) is 0 Å². The first-order valence-electron chi connectivity index (χ1n) is 6.08. The van der Waals surface area contributed by atoms with E-state index in [-0.39, 0.29) is 6.04 Å². The Kier molecular flexibility index (Phi) is 5.59. The van der Waals surface area contributed by atoms with E-state index in [2.05, 4.69) is 5.32 Å². The van der Waals surface area contributed by atoms with E-state index >= 15 is 0 Å². The third-order valence-electron chi connectivity index (χ3n) is 3.17. The highest BCUT2D eigenvalue weighted by Crippen LogP contribution is 2.35. The van der Waals surface area contributed by atoms with Gasteiger partial charge in [-0.3, -0.25) is 0 Å². The van der Waals surface area contributed by atoms with Crippen LogP contribution >= 0.6 is 46.4 Å². The van der Waals surface area contributed by atoms with Crippen LogP contribution in [0.2, 0.25) is 20.1 Å². The molecule has 2 aromatic carbocycles. The van der Waals surface area contributed by atoms with Crippen molar-refractivity contribution < 1.29 is 0 Å². The Balaban J connectivity index is 2.39. The van der Waals surface area contributed by atoms with Crippen LogP contribution in [0.25, 0.3) is 0 Å². The van der Waals surface area contributed by atoms with Crippen molar-refractivity contribution in [2.24, 2.45) is 0 Å². The van der Waals surface area contributed by atoms with E-state index in [0.29, 0.717) is 26.5 Å². The van der Waals surface area contributed by atoms with Gasteiger partial charge in [0.25, 0.3) is 0 Å². The summed E-state index contributed by atoms with van der Waals surface area (Å²) in [4.78, 5) is 0. The first kappa shape index (κ1) is 15.9. The highest BCUT2D eigenvalue weighted by atomic mass is 35.5. The van der Waals surface area contributed by atoms with Gasteiger partial charge in [0.05, 0.1) is 0 Å². The van der Waals surface area contributed by atoms with Crippen molar-refractivity contribution in [3.05, 3.63) is 67.6 Å². The zero-order valence-corrected chi connectivity index (χ0v) is 13.8. The Hall–Kier alpha value is -0.440. The van der Waals surface area contributed by atoms with Gasteiger partial charge in [0.1, 0.15) is 0 Å². The Morgan fingerprint density at radius 3 is 1.75 bits per heavy atom. The third-order valence-corrected chi connectivity index (χ3v) is 4.53. The molecule has 0 amide bonds. The van der Waals surface area contributed by atoms with E-state index in [1.54, 1.807) is 0 Å². The molecule has 20 heavy (non-hydrogen) atoms. The number of rotatable bonds is 4. The van der Waals surface area contributed by atoms with Gasteiger partial charge in [0.15, 0.2) is 0 Å². The molecule has 0 fully saturated rings. The van der Waals surface area contributed by atoms with Crippen molar-refractivity contribution in [3.63, 3.8) is 0 Å². The van der Waals surface area contributed by atoms with Gasteiger partial charge in [-0.1, -0.05) is 58.5 Å². The lowest BCUT2D eigenvalue weighted by Gasteiger charge is -2.20. The van der Waals surface area contributed by atoms with Gasteiger partial charge in [-0.25, -0.2) is 0 Å². The first-order valence-corrected chi connectivity index (χ1v) is 7.59. The van der Waals surface area contributed by atoms with Gasteiger partial charge < -0.3 is 5.32 Å². The summed E-state index contributed by atoms with van der Waals surface area (Å²) in [7, 11) is 1.86. The number of hydrogen-bond acceptors (Lipinski definition) is 1. The zero-order chi connectivity index (χ0) is 14.7. The maximum atomic E-state index is 6.26. The summed E-state index contributed by atoms with van der Waals surface area (Å²) in [6, 6.07) is 10.9.